The van der Waals surface area contributed by atoms with E-state index in [2.05, 4.69) is 33.5 Å². The summed E-state index contributed by atoms with van der Waals surface area (Å²) in [6, 6.07) is 21.3. The van der Waals surface area contributed by atoms with Crippen LogP contribution < -0.4 is 10.1 Å². The lowest BCUT2D eigenvalue weighted by Gasteiger charge is -2.26. The summed E-state index contributed by atoms with van der Waals surface area (Å²) in [5, 5.41) is 9.52. The van der Waals surface area contributed by atoms with Crippen LogP contribution in [0.5, 0.6) is 11.5 Å². The van der Waals surface area contributed by atoms with Gasteiger partial charge in [0.15, 0.2) is 11.6 Å². The van der Waals surface area contributed by atoms with Gasteiger partial charge in [-0.3, -0.25) is 4.98 Å². The van der Waals surface area contributed by atoms with Gasteiger partial charge in [-0.05, 0) is 54.8 Å². The van der Waals surface area contributed by atoms with Crippen molar-refractivity contribution in [3.05, 3.63) is 100 Å². The van der Waals surface area contributed by atoms with Crippen LogP contribution in [-0.4, -0.2) is 23.5 Å². The lowest BCUT2D eigenvalue weighted by Crippen LogP contribution is -2.43. The second kappa shape index (κ2) is 9.46. The molecular formula is C28H22ClN3O2. The summed E-state index contributed by atoms with van der Waals surface area (Å²) in [5.41, 5.74) is 4.52. The lowest BCUT2D eigenvalue weighted by molar-refractivity contribution is 0.109. The Morgan fingerprint density at radius 1 is 1.15 bits per heavy atom. The van der Waals surface area contributed by atoms with Crippen LogP contribution in [-0.2, 0) is 11.3 Å². The Bertz CT molecular complexity index is 1440. The molecule has 1 atom stereocenters. The maximum atomic E-state index is 6.48. The number of oxime groups is 1. The molecule has 0 bridgehead atoms. The number of nitrogens with zero attached hydrogens (tertiary/aromatic N) is 2. The van der Waals surface area contributed by atoms with Crippen molar-refractivity contribution in [2.24, 2.45) is 5.16 Å². The zero-order valence-electron chi connectivity index (χ0n) is 18.6. The molecule has 0 fully saturated rings. The van der Waals surface area contributed by atoms with Crippen molar-refractivity contribution in [1.82, 2.24) is 10.3 Å². The van der Waals surface area contributed by atoms with Crippen molar-refractivity contribution < 1.29 is 9.57 Å². The maximum absolute atomic E-state index is 6.48. The molecule has 3 aromatic carbocycles. The van der Waals surface area contributed by atoms with Crippen molar-refractivity contribution in [2.45, 2.75) is 19.4 Å². The van der Waals surface area contributed by atoms with Crippen molar-refractivity contribution >= 4 is 28.3 Å². The summed E-state index contributed by atoms with van der Waals surface area (Å²) < 4.78 is 6.24. The highest BCUT2D eigenvalue weighted by atomic mass is 35.5. The van der Waals surface area contributed by atoms with Gasteiger partial charge >= 0.3 is 0 Å². The zero-order valence-corrected chi connectivity index (χ0v) is 19.3. The molecule has 1 aliphatic heterocycles. The summed E-state index contributed by atoms with van der Waals surface area (Å²) in [5.74, 6) is 4.39. The fourth-order valence-electron chi connectivity index (χ4n) is 3.99. The molecule has 34 heavy (non-hydrogen) atoms. The first kappa shape index (κ1) is 21.8. The molecule has 1 N–H and O–H groups in total. The van der Waals surface area contributed by atoms with Gasteiger partial charge in [0.2, 0.25) is 0 Å². The van der Waals surface area contributed by atoms with E-state index in [1.165, 1.54) is 0 Å². The minimum Gasteiger partial charge on any atom is -0.455 e. The first-order chi connectivity index (χ1) is 16.6. The van der Waals surface area contributed by atoms with E-state index >= 15 is 0 Å². The Hall–Kier alpha value is -4.01. The van der Waals surface area contributed by atoms with Gasteiger partial charge in [-0.15, -0.1) is 6.42 Å². The minimum absolute atomic E-state index is 0.0164. The number of pyridine rings is 1. The van der Waals surface area contributed by atoms with Crippen molar-refractivity contribution in [3.8, 4) is 23.8 Å². The number of para-hydroxylation sites is 1. The van der Waals surface area contributed by atoms with Crippen molar-refractivity contribution in [2.75, 3.05) is 6.61 Å². The number of hydrogen-bond acceptors (Lipinski definition) is 5. The van der Waals surface area contributed by atoms with Crippen LogP contribution in [0.1, 0.15) is 22.3 Å². The Labute approximate surface area is 203 Å². The summed E-state index contributed by atoms with van der Waals surface area (Å²) >= 11 is 6.48. The molecule has 0 radical (unpaired) electrons. The second-order valence-electron chi connectivity index (χ2n) is 8.16. The lowest BCUT2D eigenvalue weighted by atomic mass is 10.0. The summed E-state index contributed by atoms with van der Waals surface area (Å²) in [7, 11) is 0. The highest BCUT2D eigenvalue weighted by Gasteiger charge is 2.24. The zero-order chi connectivity index (χ0) is 23.5. The topological polar surface area (TPSA) is 55.7 Å². The van der Waals surface area contributed by atoms with E-state index in [4.69, 9.17) is 27.6 Å². The number of hydrogen-bond donors (Lipinski definition) is 1. The normalized spacial score (nSPS) is 15.1. The van der Waals surface area contributed by atoms with E-state index in [9.17, 15) is 0 Å². The Morgan fingerprint density at radius 2 is 2.03 bits per heavy atom. The van der Waals surface area contributed by atoms with E-state index in [1.54, 1.807) is 6.20 Å². The molecular weight excluding hydrogens is 446 g/mol. The molecule has 6 heteroatoms. The number of amidine groups is 1. The van der Waals surface area contributed by atoms with Crippen LogP contribution >= 0.6 is 11.6 Å². The quantitative estimate of drug-likeness (QED) is 0.373. The Kier molecular flexibility index (Phi) is 6.07. The summed E-state index contributed by atoms with van der Waals surface area (Å²) in [4.78, 5) is 10.2. The summed E-state index contributed by atoms with van der Waals surface area (Å²) in [6.07, 6.45) is 7.95. The molecule has 0 amide bonds. The smallest absolute Gasteiger partial charge is 0.177 e. The largest absolute Gasteiger partial charge is 0.455 e. The van der Waals surface area contributed by atoms with Crippen LogP contribution in [0.25, 0.3) is 10.9 Å². The monoisotopic (exact) mass is 467 g/mol. The molecule has 168 valence electrons. The number of ether oxygens (including phenoxy) is 1. The van der Waals surface area contributed by atoms with E-state index in [-0.39, 0.29) is 6.04 Å². The van der Waals surface area contributed by atoms with Crippen molar-refractivity contribution in [1.29, 1.82) is 0 Å². The number of halogens is 1. The molecule has 0 saturated heterocycles. The number of nitrogens with one attached hydrogen (secondary N) is 1. The average Bonchev–Trinajstić information content (AvgIpc) is 2.86. The van der Waals surface area contributed by atoms with Crippen LogP contribution in [0.15, 0.2) is 78.1 Å². The van der Waals surface area contributed by atoms with Crippen LogP contribution in [0.4, 0.5) is 0 Å². The van der Waals surface area contributed by atoms with Crippen LogP contribution in [0.3, 0.4) is 0 Å². The summed E-state index contributed by atoms with van der Waals surface area (Å²) in [6.45, 7) is 2.45. The Morgan fingerprint density at radius 3 is 2.88 bits per heavy atom. The molecule has 0 saturated carbocycles. The van der Waals surface area contributed by atoms with Gasteiger partial charge < -0.3 is 14.9 Å². The fraction of sp³-hybridized carbons (Fsp3) is 0.143. The highest BCUT2D eigenvalue weighted by Crippen LogP contribution is 2.32. The number of rotatable bonds is 5. The number of fused-ring (bicyclic) bond motifs is 1. The molecule has 5 nitrogen and oxygen atoms in total. The maximum Gasteiger partial charge on any atom is 0.177 e. The van der Waals surface area contributed by atoms with Crippen LogP contribution in [0, 0.1) is 19.3 Å². The van der Waals surface area contributed by atoms with Gasteiger partial charge in [-0.1, -0.05) is 59.1 Å². The second-order valence-corrected chi connectivity index (χ2v) is 8.57. The van der Waals surface area contributed by atoms with E-state index in [1.807, 2.05) is 61.5 Å². The molecule has 0 spiro atoms. The molecule has 5 rings (SSSR count). The molecule has 0 unspecified atom stereocenters. The van der Waals surface area contributed by atoms with Gasteiger partial charge in [0, 0.05) is 16.0 Å². The molecule has 0 aliphatic carbocycles. The van der Waals surface area contributed by atoms with Crippen LogP contribution in [0.2, 0.25) is 5.02 Å². The minimum atomic E-state index is -0.0164. The SMILES string of the molecule is C#Cc1cccc(Oc2cnc3ccccc3c2C2=NOC[C@@H](Cc3ccc(C)cc3Cl)N2)c1. The number of benzene rings is 3. The standard InChI is InChI=1S/C28H22ClN3O2/c1-3-19-7-6-8-22(14-19)34-26-16-30-25-10-5-4-9-23(25)27(26)28-31-21(17-33-32-28)15-20-12-11-18(2)13-24(20)29/h1,4-14,16,21H,15,17H2,2H3,(H,31,32)/t21-/m1/s1. The van der Waals surface area contributed by atoms with E-state index in [0.29, 0.717) is 30.4 Å². The van der Waals surface area contributed by atoms with E-state index in [0.717, 1.165) is 38.2 Å². The number of aromatic nitrogens is 1. The third kappa shape index (κ3) is 4.54. The Balaban J connectivity index is 1.50. The molecule has 1 aromatic heterocycles. The van der Waals surface area contributed by atoms with Crippen molar-refractivity contribution in [3.63, 3.8) is 0 Å². The highest BCUT2D eigenvalue weighted by molar-refractivity contribution is 6.31. The van der Waals surface area contributed by atoms with Gasteiger partial charge in [0.1, 0.15) is 12.4 Å². The first-order valence-corrected chi connectivity index (χ1v) is 11.3. The van der Waals surface area contributed by atoms with Gasteiger partial charge in [-0.25, -0.2) is 0 Å². The predicted octanol–water partition coefficient (Wildman–Crippen LogP) is 5.86. The van der Waals surface area contributed by atoms with E-state index < -0.39 is 0 Å². The van der Waals surface area contributed by atoms with Gasteiger partial charge in [-0.2, -0.15) is 0 Å². The number of aryl methyl sites for hydroxylation is 1. The first-order valence-electron chi connectivity index (χ1n) is 10.9. The molecule has 1 aliphatic rings. The third-order valence-electron chi connectivity index (χ3n) is 5.65. The fourth-order valence-corrected chi connectivity index (χ4v) is 4.30. The average molecular weight is 468 g/mol. The predicted molar refractivity (Wildman–Crippen MR) is 135 cm³/mol. The number of terminal acetylenes is 1. The molecule has 2 heterocycles. The molecule has 4 aromatic rings. The van der Waals surface area contributed by atoms with Gasteiger partial charge in [0.25, 0.3) is 0 Å². The third-order valence-corrected chi connectivity index (χ3v) is 6.01. The van der Waals surface area contributed by atoms with Gasteiger partial charge in [0.05, 0.1) is 23.3 Å².